The minimum atomic E-state index is -4.33. The van der Waals surface area contributed by atoms with E-state index in [1.807, 2.05) is 0 Å². The third-order valence-corrected chi connectivity index (χ3v) is 3.50. The fraction of sp³-hybridized carbons (Fsp3) is 0.286. The lowest BCUT2D eigenvalue weighted by atomic mass is 10.2. The summed E-state index contributed by atoms with van der Waals surface area (Å²) in [7, 11) is 1.52. The molecule has 0 aliphatic heterocycles. The fourth-order valence-electron chi connectivity index (χ4n) is 1.93. The van der Waals surface area contributed by atoms with Gasteiger partial charge >= 0.3 is 6.18 Å². The summed E-state index contributed by atoms with van der Waals surface area (Å²) in [5, 5.41) is 0. The van der Waals surface area contributed by atoms with Crippen LogP contribution in [0.25, 0.3) is 0 Å². The van der Waals surface area contributed by atoms with E-state index in [1.54, 1.807) is 24.3 Å². The molecule has 0 bridgehead atoms. The maximum Gasteiger partial charge on any atom is 0.406 e. The number of hydrogen-bond acceptors (Lipinski definition) is 2. The Hall–Kier alpha value is -1.83. The number of nitrogens with zero attached hydrogens (tertiary/aromatic N) is 3. The highest BCUT2D eigenvalue weighted by Crippen LogP contribution is 2.19. The van der Waals surface area contributed by atoms with Gasteiger partial charge in [-0.05, 0) is 24.3 Å². The van der Waals surface area contributed by atoms with Crippen molar-refractivity contribution in [2.75, 3.05) is 7.05 Å². The van der Waals surface area contributed by atoms with Crippen molar-refractivity contribution in [1.29, 1.82) is 0 Å². The van der Waals surface area contributed by atoms with Crippen LogP contribution in [0.15, 0.2) is 41.1 Å². The van der Waals surface area contributed by atoms with Crippen LogP contribution < -0.4 is 0 Å². The predicted molar refractivity (Wildman–Crippen MR) is 78.2 cm³/mol. The quantitative estimate of drug-likeness (QED) is 0.820. The minimum Gasteiger partial charge on any atom is -0.334 e. The first-order valence-electron chi connectivity index (χ1n) is 6.34. The van der Waals surface area contributed by atoms with Gasteiger partial charge in [0.2, 0.25) is 0 Å². The van der Waals surface area contributed by atoms with Crippen molar-refractivity contribution in [1.82, 2.24) is 14.5 Å². The summed E-state index contributed by atoms with van der Waals surface area (Å²) in [5.41, 5.74) is 0.458. The molecule has 0 unspecified atom stereocenters. The summed E-state index contributed by atoms with van der Waals surface area (Å²) < 4.78 is 39.2. The van der Waals surface area contributed by atoms with Gasteiger partial charge in [0, 0.05) is 29.5 Å². The van der Waals surface area contributed by atoms with Gasteiger partial charge in [-0.15, -0.1) is 0 Å². The zero-order valence-electron chi connectivity index (χ0n) is 11.6. The minimum absolute atomic E-state index is 0.00201. The third kappa shape index (κ3) is 4.33. The Bertz CT molecular complexity index is 652. The van der Waals surface area contributed by atoms with Gasteiger partial charge in [-0.3, -0.25) is 4.79 Å². The van der Waals surface area contributed by atoms with Crippen LogP contribution in [0.2, 0.25) is 0 Å². The summed E-state index contributed by atoms with van der Waals surface area (Å²) in [6.07, 6.45) is -1.79. The van der Waals surface area contributed by atoms with Crippen LogP contribution in [0.3, 0.4) is 0 Å². The van der Waals surface area contributed by atoms with E-state index in [0.717, 1.165) is 9.04 Å². The van der Waals surface area contributed by atoms with E-state index in [0.29, 0.717) is 5.56 Å². The van der Waals surface area contributed by atoms with E-state index in [2.05, 4.69) is 20.9 Å². The first-order valence-corrected chi connectivity index (χ1v) is 7.13. The molecule has 2 aromatic rings. The molecule has 8 heteroatoms. The van der Waals surface area contributed by atoms with Crippen LogP contribution >= 0.6 is 15.9 Å². The molecular formula is C14H13BrF3N3O. The van der Waals surface area contributed by atoms with Crippen LogP contribution in [0.4, 0.5) is 13.2 Å². The van der Waals surface area contributed by atoms with Crippen LogP contribution in [0.5, 0.6) is 0 Å². The monoisotopic (exact) mass is 375 g/mol. The molecule has 0 saturated carbocycles. The van der Waals surface area contributed by atoms with Gasteiger partial charge in [0.05, 0.1) is 6.54 Å². The highest BCUT2D eigenvalue weighted by molar-refractivity contribution is 9.10. The van der Waals surface area contributed by atoms with Crippen LogP contribution in [0, 0.1) is 0 Å². The number of carbonyl (C=O) groups excluding carboxylic acids is 1. The molecule has 0 aliphatic rings. The van der Waals surface area contributed by atoms with Crippen molar-refractivity contribution < 1.29 is 18.0 Å². The van der Waals surface area contributed by atoms with Crippen LogP contribution in [-0.2, 0) is 13.1 Å². The fourth-order valence-corrected chi connectivity index (χ4v) is 2.19. The molecule has 0 radical (unpaired) electrons. The summed E-state index contributed by atoms with van der Waals surface area (Å²) >= 11 is 3.27. The number of aromatic nitrogens is 2. The van der Waals surface area contributed by atoms with Crippen molar-refractivity contribution in [3.05, 3.63) is 52.5 Å². The Morgan fingerprint density at radius 2 is 1.95 bits per heavy atom. The molecule has 0 fully saturated rings. The lowest BCUT2D eigenvalue weighted by Crippen LogP contribution is -2.29. The zero-order valence-corrected chi connectivity index (χ0v) is 13.2. The Balaban J connectivity index is 2.09. The molecule has 2 rings (SSSR count). The highest BCUT2D eigenvalue weighted by atomic mass is 79.9. The molecule has 0 aliphatic carbocycles. The average Bonchev–Trinajstić information content (AvgIpc) is 2.84. The van der Waals surface area contributed by atoms with E-state index in [9.17, 15) is 18.0 Å². The number of imidazole rings is 1. The Kier molecular flexibility index (Phi) is 4.90. The van der Waals surface area contributed by atoms with Crippen LogP contribution in [-0.4, -0.2) is 33.6 Å². The van der Waals surface area contributed by atoms with Crippen molar-refractivity contribution in [2.24, 2.45) is 0 Å². The number of hydrogen-bond donors (Lipinski definition) is 0. The van der Waals surface area contributed by atoms with E-state index in [4.69, 9.17) is 0 Å². The van der Waals surface area contributed by atoms with E-state index in [1.165, 1.54) is 24.3 Å². The first kappa shape index (κ1) is 16.5. The number of amides is 1. The van der Waals surface area contributed by atoms with Crippen molar-refractivity contribution in [3.63, 3.8) is 0 Å². The second-order valence-electron chi connectivity index (χ2n) is 4.75. The van der Waals surface area contributed by atoms with E-state index < -0.39 is 12.7 Å². The SMILES string of the molecule is CN(Cc1nccn1CC(F)(F)F)C(=O)c1ccc(Br)cc1. The number of benzene rings is 1. The Labute approximate surface area is 133 Å². The summed E-state index contributed by atoms with van der Waals surface area (Å²) in [6.45, 7) is -1.12. The Morgan fingerprint density at radius 1 is 1.32 bits per heavy atom. The van der Waals surface area contributed by atoms with E-state index in [-0.39, 0.29) is 18.3 Å². The Morgan fingerprint density at radius 3 is 2.55 bits per heavy atom. The molecular weight excluding hydrogens is 363 g/mol. The summed E-state index contributed by atoms with van der Waals surface area (Å²) in [6, 6.07) is 6.74. The molecule has 22 heavy (non-hydrogen) atoms. The predicted octanol–water partition coefficient (Wildman–Crippen LogP) is 3.48. The van der Waals surface area contributed by atoms with Gasteiger partial charge in [-0.1, -0.05) is 15.9 Å². The van der Waals surface area contributed by atoms with Gasteiger partial charge < -0.3 is 9.47 Å². The third-order valence-electron chi connectivity index (χ3n) is 2.97. The topological polar surface area (TPSA) is 38.1 Å². The zero-order chi connectivity index (χ0) is 16.3. The highest BCUT2D eigenvalue weighted by Gasteiger charge is 2.29. The van der Waals surface area contributed by atoms with Gasteiger partial charge in [-0.2, -0.15) is 13.2 Å². The molecule has 0 N–H and O–H groups in total. The number of alkyl halides is 3. The molecule has 0 atom stereocenters. The maximum absolute atomic E-state index is 12.5. The molecule has 1 heterocycles. The van der Waals surface area contributed by atoms with E-state index >= 15 is 0 Å². The lowest BCUT2D eigenvalue weighted by molar-refractivity contribution is -0.141. The number of rotatable bonds is 4. The second-order valence-corrected chi connectivity index (χ2v) is 5.67. The van der Waals surface area contributed by atoms with Crippen LogP contribution in [0.1, 0.15) is 16.2 Å². The maximum atomic E-state index is 12.5. The largest absolute Gasteiger partial charge is 0.406 e. The normalized spacial score (nSPS) is 11.5. The molecule has 118 valence electrons. The molecule has 0 saturated heterocycles. The number of carbonyl (C=O) groups is 1. The molecule has 0 spiro atoms. The molecule has 1 aromatic carbocycles. The molecule has 1 aromatic heterocycles. The van der Waals surface area contributed by atoms with Crippen molar-refractivity contribution in [3.8, 4) is 0 Å². The van der Waals surface area contributed by atoms with Crippen molar-refractivity contribution >= 4 is 21.8 Å². The average molecular weight is 376 g/mol. The smallest absolute Gasteiger partial charge is 0.334 e. The van der Waals surface area contributed by atoms with Gasteiger partial charge in [0.1, 0.15) is 12.4 Å². The molecule has 1 amide bonds. The lowest BCUT2D eigenvalue weighted by Gasteiger charge is -2.18. The second kappa shape index (κ2) is 6.51. The standard InChI is InChI=1S/C14H13BrF3N3O/c1-20(13(22)10-2-4-11(15)5-3-10)8-12-19-6-7-21(12)9-14(16,17)18/h2-7H,8-9H2,1H3. The van der Waals surface area contributed by atoms with Gasteiger partial charge in [0.15, 0.2) is 0 Å². The summed E-state index contributed by atoms with van der Waals surface area (Å²) in [5.74, 6) is -0.0978. The summed E-state index contributed by atoms with van der Waals surface area (Å²) in [4.78, 5) is 17.5. The first-order chi connectivity index (χ1) is 10.3. The van der Waals surface area contributed by atoms with Crippen molar-refractivity contribution in [2.45, 2.75) is 19.3 Å². The molecule has 4 nitrogen and oxygen atoms in total. The number of halogens is 4. The van der Waals surface area contributed by atoms with Gasteiger partial charge in [-0.25, -0.2) is 4.98 Å². The van der Waals surface area contributed by atoms with Gasteiger partial charge in [0.25, 0.3) is 5.91 Å².